The Balaban J connectivity index is 2.44. The summed E-state index contributed by atoms with van der Waals surface area (Å²) in [6.07, 6.45) is 7.32. The number of fused-ring (bicyclic) bond motifs is 2. The third kappa shape index (κ3) is 1.47. The Kier molecular flexibility index (Phi) is 2.11. The second-order valence-electron chi connectivity index (χ2n) is 3.92. The molecule has 17 heavy (non-hydrogen) atoms. The lowest BCUT2D eigenvalue weighted by Crippen LogP contribution is -2.40. The van der Waals surface area contributed by atoms with E-state index in [1.165, 1.54) is 0 Å². The van der Waals surface area contributed by atoms with Crippen molar-refractivity contribution in [2.75, 3.05) is 0 Å². The molecule has 0 radical (unpaired) electrons. The van der Waals surface area contributed by atoms with Crippen LogP contribution in [0.25, 0.3) is 11.3 Å². The molecular weight excluding hydrogens is 216 g/mol. The normalized spacial score (nSPS) is 20.6. The maximum atomic E-state index is 11.2. The summed E-state index contributed by atoms with van der Waals surface area (Å²) in [6, 6.07) is 7.41. The van der Waals surface area contributed by atoms with Crippen molar-refractivity contribution in [3.05, 3.63) is 59.0 Å². The molecule has 1 aromatic carbocycles. The van der Waals surface area contributed by atoms with Crippen molar-refractivity contribution in [2.45, 2.75) is 6.10 Å². The van der Waals surface area contributed by atoms with E-state index in [0.29, 0.717) is 5.22 Å². The number of ether oxygens (including phenoxy) is 1. The van der Waals surface area contributed by atoms with Gasteiger partial charge >= 0.3 is 5.97 Å². The van der Waals surface area contributed by atoms with E-state index in [9.17, 15) is 4.79 Å². The molecule has 3 nitrogen and oxygen atoms in total. The van der Waals surface area contributed by atoms with Crippen LogP contribution < -0.4 is 10.4 Å². The summed E-state index contributed by atoms with van der Waals surface area (Å²) in [5.41, 5.74) is 1.01. The number of hydrogen-bond donors (Lipinski definition) is 1. The van der Waals surface area contributed by atoms with Gasteiger partial charge in [0.15, 0.2) is 0 Å². The molecule has 0 bridgehead atoms. The summed E-state index contributed by atoms with van der Waals surface area (Å²) in [5.74, 6) is -1.01. The van der Waals surface area contributed by atoms with Gasteiger partial charge in [0.1, 0.15) is 6.10 Å². The lowest BCUT2D eigenvalue weighted by atomic mass is 9.98. The fourth-order valence-corrected chi connectivity index (χ4v) is 2.16. The molecule has 0 saturated heterocycles. The molecule has 0 saturated carbocycles. The summed E-state index contributed by atoms with van der Waals surface area (Å²) >= 11 is 0. The largest absolute Gasteiger partial charge is 0.475 e. The molecule has 84 valence electrons. The van der Waals surface area contributed by atoms with Gasteiger partial charge in [-0.1, -0.05) is 42.5 Å². The Labute approximate surface area is 97.7 Å². The molecular formula is C14H10O3. The van der Waals surface area contributed by atoms with E-state index >= 15 is 0 Å². The molecule has 1 aliphatic carbocycles. The number of carbonyl (C=O) groups is 1. The zero-order valence-electron chi connectivity index (χ0n) is 8.96. The van der Waals surface area contributed by atoms with Crippen LogP contribution in [-0.2, 0) is 9.53 Å². The Hall–Kier alpha value is -2.29. The molecule has 3 heteroatoms. The lowest BCUT2D eigenvalue weighted by Gasteiger charge is -2.23. The minimum Gasteiger partial charge on any atom is -0.475 e. The summed E-state index contributed by atoms with van der Waals surface area (Å²) in [4.78, 5) is 11.2. The maximum absolute atomic E-state index is 11.2. The number of carboxylic acid groups (broad SMARTS) is 1. The van der Waals surface area contributed by atoms with Crippen molar-refractivity contribution in [3.63, 3.8) is 0 Å². The Morgan fingerprint density at radius 2 is 1.94 bits per heavy atom. The van der Waals surface area contributed by atoms with Gasteiger partial charge in [0.25, 0.3) is 0 Å². The Morgan fingerprint density at radius 1 is 1.18 bits per heavy atom. The van der Waals surface area contributed by atoms with Gasteiger partial charge in [0.05, 0.1) is 0 Å². The third-order valence-electron chi connectivity index (χ3n) is 2.90. The first-order valence-electron chi connectivity index (χ1n) is 5.36. The quantitative estimate of drug-likeness (QED) is 0.761. The topological polar surface area (TPSA) is 46.5 Å². The van der Waals surface area contributed by atoms with E-state index in [0.717, 1.165) is 10.8 Å². The fourth-order valence-electron chi connectivity index (χ4n) is 2.16. The monoisotopic (exact) mass is 226 g/mol. The summed E-state index contributed by atoms with van der Waals surface area (Å²) < 4.78 is 5.52. The van der Waals surface area contributed by atoms with Crippen LogP contribution >= 0.6 is 0 Å². The number of allylic oxidation sites excluding steroid dienone is 2. The van der Waals surface area contributed by atoms with Crippen LogP contribution in [0.3, 0.4) is 0 Å². The summed E-state index contributed by atoms with van der Waals surface area (Å²) in [5, 5.41) is 10.7. The first-order valence-corrected chi connectivity index (χ1v) is 5.36. The van der Waals surface area contributed by atoms with Crippen LogP contribution in [0.15, 0.2) is 48.6 Å². The highest BCUT2D eigenvalue weighted by atomic mass is 16.5. The van der Waals surface area contributed by atoms with Crippen molar-refractivity contribution >= 4 is 17.3 Å². The average molecular weight is 226 g/mol. The van der Waals surface area contributed by atoms with Crippen molar-refractivity contribution in [2.24, 2.45) is 0 Å². The zero-order valence-corrected chi connectivity index (χ0v) is 8.96. The van der Waals surface area contributed by atoms with Crippen molar-refractivity contribution in [3.8, 4) is 0 Å². The first kappa shape index (κ1) is 9.90. The standard InChI is InChI=1S/C14H10O3/c15-14(16)13-11-7-2-1-5-9(11)10-6-3-4-8-12(10)17-13/h1-8,12H,(H,15,16). The SMILES string of the molecule is O=C(O)C1=c2ccccc2=C2C=CC=CC2O1. The van der Waals surface area contributed by atoms with Gasteiger partial charge in [0.2, 0.25) is 5.76 Å². The molecule has 1 heterocycles. The van der Waals surface area contributed by atoms with Gasteiger partial charge < -0.3 is 9.84 Å². The van der Waals surface area contributed by atoms with Crippen LogP contribution in [0, 0.1) is 0 Å². The van der Waals surface area contributed by atoms with E-state index in [1.807, 2.05) is 42.5 Å². The first-order chi connectivity index (χ1) is 8.27. The number of benzene rings is 1. The Bertz CT molecular complexity index is 665. The number of hydrogen-bond acceptors (Lipinski definition) is 2. The molecule has 0 spiro atoms. The average Bonchev–Trinajstić information content (AvgIpc) is 2.37. The lowest BCUT2D eigenvalue weighted by molar-refractivity contribution is -0.133. The zero-order chi connectivity index (χ0) is 11.8. The molecule has 1 atom stereocenters. The smallest absolute Gasteiger partial charge is 0.371 e. The molecule has 0 aromatic heterocycles. The third-order valence-corrected chi connectivity index (χ3v) is 2.90. The molecule has 1 N–H and O–H groups in total. The molecule has 3 rings (SSSR count). The maximum Gasteiger partial charge on any atom is 0.371 e. The molecule has 1 aliphatic heterocycles. The van der Waals surface area contributed by atoms with Crippen LogP contribution in [0.4, 0.5) is 0 Å². The van der Waals surface area contributed by atoms with Crippen LogP contribution in [0.5, 0.6) is 0 Å². The highest BCUT2D eigenvalue weighted by Crippen LogP contribution is 2.20. The Morgan fingerprint density at radius 3 is 2.71 bits per heavy atom. The van der Waals surface area contributed by atoms with E-state index in [2.05, 4.69) is 0 Å². The van der Waals surface area contributed by atoms with Crippen LogP contribution in [0.2, 0.25) is 0 Å². The van der Waals surface area contributed by atoms with E-state index in [-0.39, 0.29) is 11.9 Å². The van der Waals surface area contributed by atoms with E-state index in [4.69, 9.17) is 9.84 Å². The predicted octanol–water partition coefficient (Wildman–Crippen LogP) is 0.555. The summed E-state index contributed by atoms with van der Waals surface area (Å²) in [7, 11) is 0. The van der Waals surface area contributed by atoms with Crippen molar-refractivity contribution in [1.82, 2.24) is 0 Å². The van der Waals surface area contributed by atoms with Gasteiger partial charge in [-0.05, 0) is 11.3 Å². The molecule has 0 fully saturated rings. The number of carboxylic acids is 1. The fraction of sp³-hybridized carbons (Fsp3) is 0.0714. The highest BCUT2D eigenvalue weighted by Gasteiger charge is 2.24. The van der Waals surface area contributed by atoms with Crippen LogP contribution in [-0.4, -0.2) is 17.2 Å². The summed E-state index contributed by atoms with van der Waals surface area (Å²) in [6.45, 7) is 0. The molecule has 0 amide bonds. The minimum absolute atomic E-state index is 0.0225. The van der Waals surface area contributed by atoms with Gasteiger partial charge in [0, 0.05) is 10.8 Å². The predicted molar refractivity (Wildman–Crippen MR) is 63.3 cm³/mol. The molecule has 2 aliphatic rings. The highest BCUT2D eigenvalue weighted by molar-refractivity contribution is 6.06. The second-order valence-corrected chi connectivity index (χ2v) is 3.92. The van der Waals surface area contributed by atoms with Crippen molar-refractivity contribution < 1.29 is 14.6 Å². The van der Waals surface area contributed by atoms with Gasteiger partial charge in [-0.3, -0.25) is 0 Å². The van der Waals surface area contributed by atoms with Gasteiger partial charge in [-0.25, -0.2) is 4.79 Å². The van der Waals surface area contributed by atoms with Crippen LogP contribution in [0.1, 0.15) is 0 Å². The van der Waals surface area contributed by atoms with Gasteiger partial charge in [-0.15, -0.1) is 0 Å². The molecule has 1 unspecified atom stereocenters. The van der Waals surface area contributed by atoms with E-state index in [1.54, 1.807) is 6.07 Å². The number of rotatable bonds is 1. The second kappa shape index (κ2) is 3.63. The minimum atomic E-state index is -1.03. The van der Waals surface area contributed by atoms with Gasteiger partial charge in [-0.2, -0.15) is 0 Å². The van der Waals surface area contributed by atoms with E-state index < -0.39 is 5.97 Å². The van der Waals surface area contributed by atoms with Crippen molar-refractivity contribution in [1.29, 1.82) is 0 Å². The number of aliphatic carboxylic acids is 1. The molecule has 1 aromatic rings.